The number of benzene rings is 3. The van der Waals surface area contributed by atoms with Crippen LogP contribution in [-0.2, 0) is 0 Å². The maximum atomic E-state index is 11.3. The molecule has 0 atom stereocenters. The van der Waals surface area contributed by atoms with Gasteiger partial charge in [0.25, 0.3) is 0 Å². The molecule has 3 aromatic carbocycles. The Bertz CT molecular complexity index is 1310. The molecule has 0 fully saturated rings. The highest BCUT2D eigenvalue weighted by Gasteiger charge is 2.09. The predicted octanol–water partition coefficient (Wildman–Crippen LogP) is 5.44. The molecule has 0 aliphatic rings. The van der Waals surface area contributed by atoms with Crippen molar-refractivity contribution in [2.45, 2.75) is 6.92 Å². The van der Waals surface area contributed by atoms with Crippen molar-refractivity contribution in [2.24, 2.45) is 4.99 Å². The number of ether oxygens (including phenoxy) is 2. The first-order valence-corrected chi connectivity index (χ1v) is 9.80. The number of hydrogen-bond acceptors (Lipinski definition) is 5. The van der Waals surface area contributed by atoms with Gasteiger partial charge in [-0.1, -0.05) is 6.07 Å². The molecule has 0 saturated heterocycles. The minimum Gasteiger partial charge on any atom is -0.497 e. The molecular weight excluding hydrogens is 394 g/mol. The smallest absolute Gasteiger partial charge is 0.335 e. The molecule has 156 valence electrons. The zero-order valence-electron chi connectivity index (χ0n) is 17.2. The minimum atomic E-state index is -0.998. The summed E-state index contributed by atoms with van der Waals surface area (Å²) in [5, 5.41) is 10.7. The molecule has 0 aliphatic carbocycles. The van der Waals surface area contributed by atoms with Crippen LogP contribution in [0.1, 0.15) is 17.3 Å². The maximum Gasteiger partial charge on any atom is 0.335 e. The second kappa shape index (κ2) is 8.75. The molecule has 0 spiro atoms. The van der Waals surface area contributed by atoms with E-state index in [1.54, 1.807) is 19.2 Å². The second-order valence-electron chi connectivity index (χ2n) is 6.78. The normalized spacial score (nSPS) is 11.5. The fourth-order valence-corrected chi connectivity index (χ4v) is 3.24. The van der Waals surface area contributed by atoms with E-state index in [4.69, 9.17) is 18.9 Å². The van der Waals surface area contributed by atoms with Crippen LogP contribution in [-0.4, -0.2) is 24.8 Å². The summed E-state index contributed by atoms with van der Waals surface area (Å²) in [5.41, 5.74) is 2.23. The SMILES string of the molecule is CCOc1ccc2oc(-c3ccc(OC)cc3)cc(=Nc3cccc(C(=O)O)c3)c2c1. The Labute approximate surface area is 179 Å². The molecule has 1 aromatic heterocycles. The number of nitrogens with zero attached hydrogens (tertiary/aromatic N) is 1. The highest BCUT2D eigenvalue weighted by Crippen LogP contribution is 2.27. The van der Waals surface area contributed by atoms with Gasteiger partial charge in [0, 0.05) is 17.0 Å². The number of fused-ring (bicyclic) bond motifs is 1. The maximum absolute atomic E-state index is 11.3. The van der Waals surface area contributed by atoms with Crippen molar-refractivity contribution in [1.29, 1.82) is 0 Å². The first-order chi connectivity index (χ1) is 15.1. The highest BCUT2D eigenvalue weighted by molar-refractivity contribution is 5.88. The van der Waals surface area contributed by atoms with Crippen LogP contribution >= 0.6 is 0 Å². The van der Waals surface area contributed by atoms with Crippen molar-refractivity contribution in [3.05, 3.63) is 83.7 Å². The summed E-state index contributed by atoms with van der Waals surface area (Å²) in [6.45, 7) is 2.46. The Kier molecular flexibility index (Phi) is 5.71. The average Bonchev–Trinajstić information content (AvgIpc) is 2.79. The van der Waals surface area contributed by atoms with Crippen LogP contribution in [0.15, 0.2) is 82.2 Å². The Balaban J connectivity index is 1.93. The molecule has 0 unspecified atom stereocenters. The lowest BCUT2D eigenvalue weighted by Crippen LogP contribution is -2.04. The number of carboxylic acids is 1. The summed E-state index contributed by atoms with van der Waals surface area (Å²) in [4.78, 5) is 16.1. The first kappa shape index (κ1) is 20.2. The van der Waals surface area contributed by atoms with Gasteiger partial charge in [-0.2, -0.15) is 0 Å². The van der Waals surface area contributed by atoms with Crippen LogP contribution in [0.5, 0.6) is 11.5 Å². The van der Waals surface area contributed by atoms with E-state index >= 15 is 0 Å². The number of rotatable bonds is 6. The topological polar surface area (TPSA) is 81.3 Å². The van der Waals surface area contributed by atoms with E-state index < -0.39 is 5.97 Å². The van der Waals surface area contributed by atoms with Crippen LogP contribution < -0.4 is 14.8 Å². The van der Waals surface area contributed by atoms with Gasteiger partial charge in [0.05, 0.1) is 30.3 Å². The molecule has 6 nitrogen and oxygen atoms in total. The molecule has 4 aromatic rings. The van der Waals surface area contributed by atoms with Crippen molar-refractivity contribution in [1.82, 2.24) is 0 Å². The highest BCUT2D eigenvalue weighted by atomic mass is 16.5. The fourth-order valence-electron chi connectivity index (χ4n) is 3.24. The zero-order valence-corrected chi connectivity index (χ0v) is 17.2. The fraction of sp³-hybridized carbons (Fsp3) is 0.120. The molecular formula is C25H21NO5. The molecule has 4 rings (SSSR count). The largest absolute Gasteiger partial charge is 0.497 e. The van der Waals surface area contributed by atoms with Gasteiger partial charge in [-0.15, -0.1) is 0 Å². The monoisotopic (exact) mass is 415 g/mol. The summed E-state index contributed by atoms with van der Waals surface area (Å²) in [6, 6.07) is 21.5. The Morgan fingerprint density at radius 2 is 1.77 bits per heavy atom. The predicted molar refractivity (Wildman–Crippen MR) is 118 cm³/mol. The molecule has 0 aliphatic heterocycles. The average molecular weight is 415 g/mol. The Morgan fingerprint density at radius 3 is 2.48 bits per heavy atom. The Hall–Kier alpha value is -4.06. The summed E-state index contributed by atoms with van der Waals surface area (Å²) in [5.74, 6) is 1.09. The van der Waals surface area contributed by atoms with E-state index in [0.29, 0.717) is 34.7 Å². The summed E-state index contributed by atoms with van der Waals surface area (Å²) in [7, 11) is 1.62. The third-order valence-electron chi connectivity index (χ3n) is 4.74. The molecule has 0 bridgehead atoms. The number of methoxy groups -OCH3 is 1. The molecule has 0 amide bonds. The lowest BCUT2D eigenvalue weighted by atomic mass is 10.1. The van der Waals surface area contributed by atoms with E-state index in [1.165, 1.54) is 12.1 Å². The standard InChI is InChI=1S/C25H21NO5/c1-3-30-20-11-12-23-21(14-20)22(26-18-6-4-5-17(13-18)25(27)28)15-24(31-23)16-7-9-19(29-2)10-8-16/h4-15H,3H2,1-2H3,(H,27,28). The van der Waals surface area contributed by atoms with Crippen molar-refractivity contribution in [3.63, 3.8) is 0 Å². The molecule has 6 heteroatoms. The van der Waals surface area contributed by atoms with Gasteiger partial charge in [0.15, 0.2) is 0 Å². The van der Waals surface area contributed by atoms with E-state index in [1.807, 2.05) is 55.5 Å². The number of carboxylic acid groups (broad SMARTS) is 1. The van der Waals surface area contributed by atoms with Gasteiger partial charge in [-0.25, -0.2) is 9.79 Å². The van der Waals surface area contributed by atoms with Crippen molar-refractivity contribution in [2.75, 3.05) is 13.7 Å². The lowest BCUT2D eigenvalue weighted by Gasteiger charge is -2.08. The Morgan fingerprint density at radius 1 is 1.00 bits per heavy atom. The van der Waals surface area contributed by atoms with Crippen molar-refractivity contribution < 1.29 is 23.8 Å². The molecule has 31 heavy (non-hydrogen) atoms. The third-order valence-corrected chi connectivity index (χ3v) is 4.74. The summed E-state index contributed by atoms with van der Waals surface area (Å²) in [6.07, 6.45) is 0. The third kappa shape index (κ3) is 4.43. The van der Waals surface area contributed by atoms with Gasteiger partial charge >= 0.3 is 5.97 Å². The van der Waals surface area contributed by atoms with Crippen LogP contribution in [0.2, 0.25) is 0 Å². The van der Waals surface area contributed by atoms with E-state index in [2.05, 4.69) is 0 Å². The van der Waals surface area contributed by atoms with Gasteiger partial charge in [-0.05, 0) is 67.6 Å². The van der Waals surface area contributed by atoms with E-state index in [9.17, 15) is 9.90 Å². The molecule has 1 heterocycles. The van der Waals surface area contributed by atoms with Crippen LogP contribution in [0.3, 0.4) is 0 Å². The summed E-state index contributed by atoms with van der Waals surface area (Å²) >= 11 is 0. The summed E-state index contributed by atoms with van der Waals surface area (Å²) < 4.78 is 17.0. The van der Waals surface area contributed by atoms with Crippen LogP contribution in [0.25, 0.3) is 22.3 Å². The first-order valence-electron chi connectivity index (χ1n) is 9.80. The zero-order chi connectivity index (χ0) is 21.8. The molecule has 0 radical (unpaired) electrons. The molecule has 0 saturated carbocycles. The van der Waals surface area contributed by atoms with Gasteiger partial charge in [0.1, 0.15) is 22.8 Å². The second-order valence-corrected chi connectivity index (χ2v) is 6.78. The van der Waals surface area contributed by atoms with Gasteiger partial charge < -0.3 is 19.0 Å². The number of carbonyl (C=O) groups is 1. The van der Waals surface area contributed by atoms with E-state index in [-0.39, 0.29) is 5.56 Å². The van der Waals surface area contributed by atoms with Crippen LogP contribution in [0, 0.1) is 0 Å². The van der Waals surface area contributed by atoms with Crippen LogP contribution in [0.4, 0.5) is 5.69 Å². The molecule has 1 N–H and O–H groups in total. The number of hydrogen-bond donors (Lipinski definition) is 1. The minimum absolute atomic E-state index is 0.177. The van der Waals surface area contributed by atoms with E-state index in [0.717, 1.165) is 16.7 Å². The van der Waals surface area contributed by atoms with Crippen molar-refractivity contribution in [3.8, 4) is 22.8 Å². The lowest BCUT2D eigenvalue weighted by molar-refractivity contribution is 0.0697. The number of aromatic carboxylic acids is 1. The van der Waals surface area contributed by atoms with Crippen molar-refractivity contribution >= 4 is 22.6 Å². The quantitative estimate of drug-likeness (QED) is 0.454. The van der Waals surface area contributed by atoms with Gasteiger partial charge in [0.2, 0.25) is 0 Å². The van der Waals surface area contributed by atoms with Gasteiger partial charge in [-0.3, -0.25) is 0 Å².